The second-order valence-electron chi connectivity index (χ2n) is 6.84. The molecule has 0 radical (unpaired) electrons. The summed E-state index contributed by atoms with van der Waals surface area (Å²) in [7, 11) is 0. The Morgan fingerprint density at radius 2 is 1.58 bits per heavy atom. The van der Waals surface area contributed by atoms with E-state index in [4.69, 9.17) is 34.8 Å². The Balaban J connectivity index is 2.17. The van der Waals surface area contributed by atoms with Crippen LogP contribution in [0.25, 0.3) is 0 Å². The number of halogens is 10. The van der Waals surface area contributed by atoms with E-state index in [1.807, 2.05) is 0 Å². The van der Waals surface area contributed by atoms with Gasteiger partial charge in [0.1, 0.15) is 6.42 Å². The predicted octanol–water partition coefficient (Wildman–Crippen LogP) is 6.84. The SMILES string of the molecule is O=C(CC(F)(F)F)NCc1ccc(NC[C@](O)(c2cc(Cl)c(Cl)c(Cl)c2)C(F)(F)F)cc1Br. The third-order valence-corrected chi connectivity index (χ3v) is 6.30. The van der Waals surface area contributed by atoms with Crippen LogP contribution in [-0.4, -0.2) is 29.9 Å². The molecule has 0 unspecified atom stereocenters. The number of amides is 1. The largest absolute Gasteiger partial charge is 0.423 e. The monoisotopic (exact) mass is 600 g/mol. The molecule has 3 N–H and O–H groups in total. The van der Waals surface area contributed by atoms with Gasteiger partial charge >= 0.3 is 12.4 Å². The molecule has 0 saturated carbocycles. The van der Waals surface area contributed by atoms with Crippen molar-refractivity contribution in [1.82, 2.24) is 5.32 Å². The number of hydrogen-bond acceptors (Lipinski definition) is 3. The molecule has 0 aromatic heterocycles. The van der Waals surface area contributed by atoms with Crippen LogP contribution in [0, 0.1) is 0 Å². The smallest absolute Gasteiger partial charge is 0.381 e. The Kier molecular flexibility index (Phi) is 8.83. The Morgan fingerprint density at radius 3 is 2.06 bits per heavy atom. The lowest BCUT2D eigenvalue weighted by molar-refractivity contribution is -0.260. The van der Waals surface area contributed by atoms with E-state index in [0.29, 0.717) is 10.0 Å². The van der Waals surface area contributed by atoms with E-state index in [1.165, 1.54) is 18.2 Å². The van der Waals surface area contributed by atoms with E-state index in [0.717, 1.165) is 12.1 Å². The molecule has 14 heteroatoms. The zero-order valence-corrected chi connectivity index (χ0v) is 20.0. The number of carbonyl (C=O) groups is 1. The van der Waals surface area contributed by atoms with Gasteiger partial charge in [0.15, 0.2) is 0 Å². The van der Waals surface area contributed by atoms with Gasteiger partial charge in [-0.05, 0) is 35.4 Å². The van der Waals surface area contributed by atoms with Crippen molar-refractivity contribution in [2.45, 2.75) is 30.9 Å². The topological polar surface area (TPSA) is 61.4 Å². The lowest BCUT2D eigenvalue weighted by Gasteiger charge is -2.32. The van der Waals surface area contributed by atoms with E-state index in [1.54, 1.807) is 0 Å². The second-order valence-corrected chi connectivity index (χ2v) is 8.89. The summed E-state index contributed by atoms with van der Waals surface area (Å²) >= 11 is 20.5. The standard InChI is InChI=1S/C19H14BrCl3F6N2O2/c20-12-5-11(2-1-9(12)7-30-15(32)6-18(24,25)26)31-8-17(33,19(27,28)29)10-3-13(21)16(23)14(22)4-10/h1-5,31,33H,6-8H2,(H,30,32)/t17-/m0/s1. The maximum absolute atomic E-state index is 13.8. The minimum absolute atomic E-state index is 0.140. The molecule has 182 valence electrons. The summed E-state index contributed by atoms with van der Waals surface area (Å²) in [6.45, 7) is -1.27. The second kappa shape index (κ2) is 10.5. The Morgan fingerprint density at radius 1 is 1.00 bits per heavy atom. The number of aliphatic hydroxyl groups is 1. The molecule has 2 aromatic rings. The molecule has 2 aromatic carbocycles. The molecular formula is C19H14BrCl3F6N2O2. The molecule has 0 bridgehead atoms. The fourth-order valence-corrected chi connectivity index (χ4v) is 3.74. The van der Waals surface area contributed by atoms with Gasteiger partial charge < -0.3 is 15.7 Å². The van der Waals surface area contributed by atoms with Crippen molar-refractivity contribution in [3.8, 4) is 0 Å². The summed E-state index contributed by atoms with van der Waals surface area (Å²) in [4.78, 5) is 11.3. The molecule has 2 rings (SSSR count). The minimum Gasteiger partial charge on any atom is -0.381 e. The van der Waals surface area contributed by atoms with Gasteiger partial charge in [0.25, 0.3) is 0 Å². The molecular weight excluding hydrogens is 588 g/mol. The van der Waals surface area contributed by atoms with Crippen molar-refractivity contribution in [3.63, 3.8) is 0 Å². The summed E-state index contributed by atoms with van der Waals surface area (Å²) in [5.41, 5.74) is -3.51. The van der Waals surface area contributed by atoms with Gasteiger partial charge in [0, 0.05) is 16.7 Å². The first-order chi connectivity index (χ1) is 15.0. The van der Waals surface area contributed by atoms with Crippen molar-refractivity contribution in [3.05, 3.63) is 61.0 Å². The van der Waals surface area contributed by atoms with E-state index in [9.17, 15) is 36.2 Å². The summed E-state index contributed by atoms with van der Waals surface area (Å²) in [5, 5.41) is 14.3. The van der Waals surface area contributed by atoms with Crippen LogP contribution < -0.4 is 10.6 Å². The molecule has 1 amide bonds. The van der Waals surface area contributed by atoms with E-state index < -0.39 is 42.4 Å². The quantitative estimate of drug-likeness (QED) is 0.240. The number of carbonyl (C=O) groups excluding carboxylic acids is 1. The summed E-state index contributed by atoms with van der Waals surface area (Å²) < 4.78 is 78.2. The Hall–Kier alpha value is -1.40. The van der Waals surface area contributed by atoms with Gasteiger partial charge in [0.05, 0.1) is 21.6 Å². The van der Waals surface area contributed by atoms with E-state index >= 15 is 0 Å². The van der Waals surface area contributed by atoms with Gasteiger partial charge in [-0.15, -0.1) is 0 Å². The van der Waals surface area contributed by atoms with Gasteiger partial charge in [-0.25, -0.2) is 0 Å². The normalized spacial score (nSPS) is 14.0. The van der Waals surface area contributed by atoms with Gasteiger partial charge in [-0.1, -0.05) is 56.8 Å². The first-order valence-corrected chi connectivity index (χ1v) is 10.8. The van der Waals surface area contributed by atoms with Crippen molar-refractivity contribution in [2.75, 3.05) is 11.9 Å². The highest BCUT2D eigenvalue weighted by molar-refractivity contribution is 9.10. The van der Waals surface area contributed by atoms with Crippen molar-refractivity contribution >= 4 is 62.3 Å². The average molecular weight is 603 g/mol. The van der Waals surface area contributed by atoms with Crippen LogP contribution >= 0.6 is 50.7 Å². The van der Waals surface area contributed by atoms with Crippen LogP contribution in [0.4, 0.5) is 32.0 Å². The Bertz CT molecular complexity index is 1010. The lowest BCUT2D eigenvalue weighted by Crippen LogP contribution is -2.47. The number of anilines is 1. The zero-order valence-electron chi connectivity index (χ0n) is 16.1. The number of hydrogen-bond donors (Lipinski definition) is 3. The summed E-state index contributed by atoms with van der Waals surface area (Å²) in [5.74, 6) is -1.23. The molecule has 33 heavy (non-hydrogen) atoms. The first kappa shape index (κ1) is 27.8. The average Bonchev–Trinajstić information content (AvgIpc) is 2.66. The van der Waals surface area contributed by atoms with Crippen molar-refractivity contribution < 1.29 is 36.2 Å². The van der Waals surface area contributed by atoms with Crippen LogP contribution in [0.5, 0.6) is 0 Å². The van der Waals surface area contributed by atoms with Crippen LogP contribution in [-0.2, 0) is 16.9 Å². The molecule has 0 aliphatic carbocycles. The number of rotatable bonds is 7. The molecule has 4 nitrogen and oxygen atoms in total. The molecule has 0 fully saturated rings. The third-order valence-electron chi connectivity index (χ3n) is 4.37. The highest BCUT2D eigenvalue weighted by Gasteiger charge is 2.55. The molecule has 0 aliphatic rings. The summed E-state index contributed by atoms with van der Waals surface area (Å²) in [6, 6.07) is 5.75. The zero-order chi connectivity index (χ0) is 25.2. The predicted molar refractivity (Wildman–Crippen MR) is 117 cm³/mol. The maximum Gasteiger partial charge on any atom is 0.423 e. The minimum atomic E-state index is -5.12. The molecule has 0 heterocycles. The van der Waals surface area contributed by atoms with E-state index in [2.05, 4.69) is 26.6 Å². The summed E-state index contributed by atoms with van der Waals surface area (Å²) in [6.07, 6.45) is -11.4. The van der Waals surface area contributed by atoms with Crippen LogP contribution in [0.2, 0.25) is 15.1 Å². The third kappa shape index (κ3) is 7.29. The highest BCUT2D eigenvalue weighted by atomic mass is 79.9. The van der Waals surface area contributed by atoms with Crippen molar-refractivity contribution in [1.29, 1.82) is 0 Å². The number of benzene rings is 2. The molecule has 0 aliphatic heterocycles. The van der Waals surface area contributed by atoms with E-state index in [-0.39, 0.29) is 27.3 Å². The first-order valence-electron chi connectivity index (χ1n) is 8.83. The Labute approximate surface area is 207 Å². The van der Waals surface area contributed by atoms with Gasteiger partial charge in [-0.3, -0.25) is 4.79 Å². The molecule has 0 saturated heterocycles. The molecule has 0 spiro atoms. The fraction of sp³-hybridized carbons (Fsp3) is 0.316. The molecule has 1 atom stereocenters. The fourth-order valence-electron chi connectivity index (χ4n) is 2.63. The maximum atomic E-state index is 13.8. The highest BCUT2D eigenvalue weighted by Crippen LogP contribution is 2.43. The number of nitrogens with one attached hydrogen (secondary N) is 2. The van der Waals surface area contributed by atoms with Gasteiger partial charge in [0.2, 0.25) is 11.5 Å². The van der Waals surface area contributed by atoms with Crippen LogP contribution in [0.1, 0.15) is 17.5 Å². The van der Waals surface area contributed by atoms with Crippen LogP contribution in [0.15, 0.2) is 34.8 Å². The van der Waals surface area contributed by atoms with Gasteiger partial charge in [-0.2, -0.15) is 26.3 Å². The number of alkyl halides is 6. The van der Waals surface area contributed by atoms with Crippen molar-refractivity contribution in [2.24, 2.45) is 0 Å². The lowest BCUT2D eigenvalue weighted by atomic mass is 9.92. The van der Waals surface area contributed by atoms with Crippen LogP contribution in [0.3, 0.4) is 0 Å².